The van der Waals surface area contributed by atoms with E-state index >= 15 is 0 Å². The minimum atomic E-state index is -0.922. The molecular formula is C28H38O8. The number of aliphatic hydroxyl groups excluding tert-OH is 2. The lowest BCUT2D eigenvalue weighted by Crippen LogP contribution is -2.75. The summed E-state index contributed by atoms with van der Waals surface area (Å²) >= 11 is 0. The molecule has 5 aliphatic rings. The van der Waals surface area contributed by atoms with E-state index in [0.717, 1.165) is 12.0 Å². The van der Waals surface area contributed by atoms with Crippen LogP contribution in [0.4, 0.5) is 0 Å². The number of esters is 2. The predicted octanol–water partition coefficient (Wildman–Crippen LogP) is 3.55. The monoisotopic (exact) mass is 502 g/mol. The zero-order valence-electron chi connectivity index (χ0n) is 21.9. The third-order valence-corrected chi connectivity index (χ3v) is 11.7. The number of cyclic esters (lactones) is 1. The van der Waals surface area contributed by atoms with Gasteiger partial charge in [-0.25, -0.2) is 4.79 Å². The van der Waals surface area contributed by atoms with E-state index in [1.54, 1.807) is 12.5 Å². The number of carbonyl (C=O) groups is 2. The molecule has 3 aliphatic carbocycles. The van der Waals surface area contributed by atoms with Crippen molar-refractivity contribution in [3.05, 3.63) is 24.2 Å². The van der Waals surface area contributed by atoms with Crippen molar-refractivity contribution in [3.8, 4) is 0 Å². The van der Waals surface area contributed by atoms with Gasteiger partial charge in [-0.2, -0.15) is 0 Å². The minimum absolute atomic E-state index is 0.0932. The van der Waals surface area contributed by atoms with Gasteiger partial charge in [0.1, 0.15) is 17.8 Å². The van der Waals surface area contributed by atoms with Gasteiger partial charge in [-0.05, 0) is 42.6 Å². The number of hydrogen-bond donors (Lipinski definition) is 2. The molecule has 36 heavy (non-hydrogen) atoms. The van der Waals surface area contributed by atoms with Crippen molar-refractivity contribution >= 4 is 11.9 Å². The highest BCUT2D eigenvalue weighted by Gasteiger charge is 2.88. The van der Waals surface area contributed by atoms with E-state index in [-0.39, 0.29) is 17.8 Å². The number of fused-ring (bicyclic) bond motifs is 3. The fourth-order valence-corrected chi connectivity index (χ4v) is 9.83. The van der Waals surface area contributed by atoms with Crippen molar-refractivity contribution < 1.29 is 38.4 Å². The number of rotatable bonds is 2. The van der Waals surface area contributed by atoms with E-state index in [0.29, 0.717) is 19.3 Å². The molecule has 6 rings (SSSR count). The fraction of sp³-hybridized carbons (Fsp3) is 0.786. The van der Waals surface area contributed by atoms with E-state index in [4.69, 9.17) is 18.6 Å². The largest absolute Gasteiger partial charge is 0.472 e. The molecule has 8 heteroatoms. The van der Waals surface area contributed by atoms with Gasteiger partial charge in [0.25, 0.3) is 0 Å². The topological polar surface area (TPSA) is 119 Å². The molecule has 8 nitrogen and oxygen atoms in total. The number of furan rings is 1. The van der Waals surface area contributed by atoms with Crippen molar-refractivity contribution in [1.29, 1.82) is 0 Å². The van der Waals surface area contributed by atoms with Crippen LogP contribution in [0.5, 0.6) is 0 Å². The van der Waals surface area contributed by atoms with Crippen LogP contribution < -0.4 is 0 Å². The Morgan fingerprint density at radius 2 is 1.78 bits per heavy atom. The van der Waals surface area contributed by atoms with Gasteiger partial charge >= 0.3 is 11.9 Å². The van der Waals surface area contributed by atoms with Crippen molar-refractivity contribution in [2.45, 2.75) is 103 Å². The molecule has 1 aromatic rings. The summed E-state index contributed by atoms with van der Waals surface area (Å²) in [5.41, 5.74) is -2.52. The van der Waals surface area contributed by atoms with Gasteiger partial charge in [0, 0.05) is 35.2 Å². The van der Waals surface area contributed by atoms with Gasteiger partial charge in [0.05, 0.1) is 24.7 Å². The maximum Gasteiger partial charge on any atom is 0.339 e. The summed E-state index contributed by atoms with van der Waals surface area (Å²) < 4.78 is 23.7. The summed E-state index contributed by atoms with van der Waals surface area (Å²) in [5, 5.41) is 23.1. The second-order valence-corrected chi connectivity index (χ2v) is 13.2. The highest BCUT2D eigenvalue weighted by atomic mass is 16.7. The first-order valence-electron chi connectivity index (χ1n) is 13.2. The summed E-state index contributed by atoms with van der Waals surface area (Å²) in [6.07, 6.45) is 2.17. The molecule has 2 N–H and O–H groups in total. The minimum Gasteiger partial charge on any atom is -0.472 e. The molecule has 1 spiro atoms. The van der Waals surface area contributed by atoms with Crippen LogP contribution in [0.15, 0.2) is 23.0 Å². The highest BCUT2D eigenvalue weighted by molar-refractivity contribution is 5.82. The lowest BCUT2D eigenvalue weighted by Gasteiger charge is -2.71. The molecule has 0 bridgehead atoms. The smallest absolute Gasteiger partial charge is 0.339 e. The van der Waals surface area contributed by atoms with Gasteiger partial charge < -0.3 is 28.8 Å². The SMILES string of the molecule is CC(=O)O[C@H]1C[C@@H](O)C(C)(C)[C@H]2C[C@@H](O)[C@]3(C)[C@@H](CC[C@@]4(C)[C@H](c5ccoc5)OC(=O)[C@H]5O[C@@]534)[C@@]12C. The van der Waals surface area contributed by atoms with Crippen LogP contribution >= 0.6 is 0 Å². The standard InChI is InChI=1S/C28H38O8/c1-14(29)34-20-12-18(30)24(2,3)17-11-19(31)27(6)16(26(17,20)5)7-9-25(4)21(15-8-10-33-13-15)35-23(32)22-28(25,27)36-22/h8,10,13,16-22,30-31H,7,9,11-12H2,1-6H3/t16-,17+,18+,19+,20-,21-,22+,25-,26+,27-,28+/m0/s1. The molecule has 5 fully saturated rings. The molecule has 1 aromatic heterocycles. The fourth-order valence-electron chi connectivity index (χ4n) is 9.83. The van der Waals surface area contributed by atoms with Gasteiger partial charge in [-0.3, -0.25) is 4.79 Å². The Bertz CT molecular complexity index is 1100. The molecule has 0 aromatic carbocycles. The molecule has 0 unspecified atom stereocenters. The van der Waals surface area contributed by atoms with E-state index in [1.807, 2.05) is 6.07 Å². The summed E-state index contributed by atoms with van der Waals surface area (Å²) in [6, 6.07) is 1.82. The number of carbonyl (C=O) groups excluding carboxylic acids is 2. The lowest BCUT2D eigenvalue weighted by atomic mass is 9.34. The van der Waals surface area contributed by atoms with Crippen LogP contribution in [0.25, 0.3) is 0 Å². The first kappa shape index (κ1) is 24.4. The van der Waals surface area contributed by atoms with Crippen molar-refractivity contribution in [2.24, 2.45) is 33.5 Å². The Balaban J connectivity index is 1.51. The third kappa shape index (κ3) is 2.56. The van der Waals surface area contributed by atoms with Crippen LogP contribution in [-0.4, -0.2) is 52.2 Å². The number of ether oxygens (including phenoxy) is 3. The van der Waals surface area contributed by atoms with Crippen LogP contribution in [0.2, 0.25) is 0 Å². The highest BCUT2D eigenvalue weighted by Crippen LogP contribution is 2.80. The van der Waals surface area contributed by atoms with Crippen molar-refractivity contribution in [3.63, 3.8) is 0 Å². The number of aliphatic hydroxyl groups is 2. The predicted molar refractivity (Wildman–Crippen MR) is 126 cm³/mol. The average Bonchev–Trinajstić information content (AvgIpc) is 3.37. The molecule has 2 saturated heterocycles. The number of epoxide rings is 1. The maximum absolute atomic E-state index is 13.2. The van der Waals surface area contributed by atoms with Gasteiger partial charge in [-0.1, -0.05) is 34.6 Å². The maximum atomic E-state index is 13.2. The Kier molecular flexibility index (Phi) is 4.85. The second-order valence-electron chi connectivity index (χ2n) is 13.2. The molecule has 0 amide bonds. The normalized spacial score (nSPS) is 52.7. The first-order valence-corrected chi connectivity index (χ1v) is 13.2. The summed E-state index contributed by atoms with van der Waals surface area (Å²) in [5.74, 6) is -0.982. The van der Waals surface area contributed by atoms with Crippen LogP contribution in [-0.2, 0) is 23.8 Å². The number of hydrogen-bond acceptors (Lipinski definition) is 8. The molecule has 2 aliphatic heterocycles. The van der Waals surface area contributed by atoms with Crippen molar-refractivity contribution in [2.75, 3.05) is 0 Å². The molecule has 0 radical (unpaired) electrons. The first-order chi connectivity index (χ1) is 16.8. The lowest BCUT2D eigenvalue weighted by molar-refractivity contribution is -0.295. The molecule has 3 heterocycles. The Labute approximate surface area is 211 Å². The summed E-state index contributed by atoms with van der Waals surface area (Å²) in [7, 11) is 0. The van der Waals surface area contributed by atoms with E-state index < -0.39 is 63.8 Å². The summed E-state index contributed by atoms with van der Waals surface area (Å²) in [4.78, 5) is 25.4. The zero-order valence-corrected chi connectivity index (χ0v) is 21.9. The van der Waals surface area contributed by atoms with E-state index in [2.05, 4.69) is 34.6 Å². The zero-order chi connectivity index (χ0) is 26.1. The molecule has 198 valence electrons. The second kappa shape index (κ2) is 7.14. The third-order valence-electron chi connectivity index (χ3n) is 11.7. The molecule has 3 saturated carbocycles. The Morgan fingerprint density at radius 1 is 1.06 bits per heavy atom. The van der Waals surface area contributed by atoms with Gasteiger partial charge in [0.15, 0.2) is 6.10 Å². The Hall–Kier alpha value is -1.90. The van der Waals surface area contributed by atoms with Crippen LogP contribution in [0.3, 0.4) is 0 Å². The quantitative estimate of drug-likeness (QED) is 0.466. The van der Waals surface area contributed by atoms with E-state index in [9.17, 15) is 19.8 Å². The molecule has 11 atom stereocenters. The van der Waals surface area contributed by atoms with Gasteiger partial charge in [-0.15, -0.1) is 0 Å². The van der Waals surface area contributed by atoms with Crippen molar-refractivity contribution in [1.82, 2.24) is 0 Å². The van der Waals surface area contributed by atoms with Crippen LogP contribution in [0.1, 0.15) is 78.9 Å². The average molecular weight is 503 g/mol. The molecular weight excluding hydrogens is 464 g/mol. The van der Waals surface area contributed by atoms with E-state index in [1.165, 1.54) is 6.92 Å². The Morgan fingerprint density at radius 3 is 2.42 bits per heavy atom. The summed E-state index contributed by atoms with van der Waals surface area (Å²) in [6.45, 7) is 11.8. The van der Waals surface area contributed by atoms with Crippen LogP contribution in [0, 0.1) is 33.5 Å². The van der Waals surface area contributed by atoms with Gasteiger partial charge in [0.2, 0.25) is 0 Å².